The van der Waals surface area contributed by atoms with E-state index >= 15 is 0 Å². The van der Waals surface area contributed by atoms with Crippen molar-refractivity contribution in [3.63, 3.8) is 0 Å². The molecule has 7 heteroatoms. The van der Waals surface area contributed by atoms with Gasteiger partial charge < -0.3 is 15.1 Å². The zero-order valence-corrected chi connectivity index (χ0v) is 16.7. The van der Waals surface area contributed by atoms with Gasteiger partial charge in [0.2, 0.25) is 11.8 Å². The lowest BCUT2D eigenvalue weighted by molar-refractivity contribution is 0.228. The van der Waals surface area contributed by atoms with Crippen LogP contribution in [0.4, 0.5) is 4.79 Å². The number of nitrogens with zero attached hydrogens (tertiary/aromatic N) is 2. The van der Waals surface area contributed by atoms with Crippen LogP contribution in [0.15, 0.2) is 59.0 Å². The summed E-state index contributed by atoms with van der Waals surface area (Å²) in [6, 6.07) is 16.3. The average molecular weight is 411 g/mol. The van der Waals surface area contributed by atoms with Gasteiger partial charge in [-0.3, -0.25) is 0 Å². The Hall–Kier alpha value is -2.86. The van der Waals surface area contributed by atoms with Gasteiger partial charge in [0.25, 0.3) is 0 Å². The minimum Gasteiger partial charge on any atom is -0.418 e. The van der Waals surface area contributed by atoms with Crippen LogP contribution in [0.25, 0.3) is 11.5 Å². The van der Waals surface area contributed by atoms with Gasteiger partial charge in [-0.15, -0.1) is 10.2 Å². The van der Waals surface area contributed by atoms with Crippen LogP contribution in [-0.2, 0) is 0 Å². The third-order valence-corrected chi connectivity index (χ3v) is 5.47. The zero-order valence-electron chi connectivity index (χ0n) is 16.0. The maximum atomic E-state index is 12.7. The van der Waals surface area contributed by atoms with Crippen LogP contribution in [0, 0.1) is 0 Å². The summed E-state index contributed by atoms with van der Waals surface area (Å²) >= 11 is 6.25. The average Bonchev–Trinajstić information content (AvgIpc) is 3.23. The second-order valence-electron chi connectivity index (χ2n) is 7.22. The fourth-order valence-corrected chi connectivity index (χ4v) is 3.85. The number of benzene rings is 2. The maximum Gasteiger partial charge on any atom is 0.315 e. The van der Waals surface area contributed by atoms with Crippen molar-refractivity contribution in [3.8, 4) is 11.5 Å². The minimum absolute atomic E-state index is 0.210. The molecule has 0 radical (unpaired) electrons. The Labute approximate surface area is 174 Å². The zero-order chi connectivity index (χ0) is 20.1. The van der Waals surface area contributed by atoms with Crippen LogP contribution >= 0.6 is 11.6 Å². The first-order chi connectivity index (χ1) is 14.2. The molecular formula is C22H23ClN4O2. The van der Waals surface area contributed by atoms with E-state index in [1.807, 2.05) is 48.5 Å². The summed E-state index contributed by atoms with van der Waals surface area (Å²) in [5, 5.41) is 14.9. The number of hydrogen-bond acceptors (Lipinski definition) is 4. The first-order valence-corrected chi connectivity index (χ1v) is 10.3. The van der Waals surface area contributed by atoms with Crippen LogP contribution < -0.4 is 10.6 Å². The van der Waals surface area contributed by atoms with Crippen LogP contribution in [0.5, 0.6) is 0 Å². The van der Waals surface area contributed by atoms with Crippen molar-refractivity contribution >= 4 is 17.6 Å². The molecule has 0 bridgehead atoms. The van der Waals surface area contributed by atoms with Crippen LogP contribution in [-0.4, -0.2) is 22.3 Å². The van der Waals surface area contributed by atoms with Crippen LogP contribution in [0.1, 0.15) is 49.6 Å². The van der Waals surface area contributed by atoms with Crippen molar-refractivity contribution in [1.82, 2.24) is 20.8 Å². The smallest absolute Gasteiger partial charge is 0.315 e. The summed E-state index contributed by atoms with van der Waals surface area (Å²) < 4.78 is 5.91. The maximum absolute atomic E-state index is 12.7. The van der Waals surface area contributed by atoms with Gasteiger partial charge in [0, 0.05) is 6.04 Å². The van der Waals surface area contributed by atoms with E-state index in [1.165, 1.54) is 6.42 Å². The third-order valence-electron chi connectivity index (χ3n) is 5.14. The highest BCUT2D eigenvalue weighted by Gasteiger charge is 2.25. The van der Waals surface area contributed by atoms with E-state index < -0.39 is 6.04 Å². The normalized spacial score (nSPS) is 15.6. The highest BCUT2D eigenvalue weighted by Crippen LogP contribution is 2.29. The minimum atomic E-state index is -0.552. The number of carbonyl (C=O) groups excluding carboxylic acids is 1. The molecule has 29 heavy (non-hydrogen) atoms. The highest BCUT2D eigenvalue weighted by atomic mass is 35.5. The number of urea groups is 1. The summed E-state index contributed by atoms with van der Waals surface area (Å²) in [5.74, 6) is 0.630. The number of halogens is 1. The largest absolute Gasteiger partial charge is 0.418 e. The molecule has 4 rings (SSSR count). The van der Waals surface area contributed by atoms with E-state index in [2.05, 4.69) is 20.8 Å². The molecule has 1 aliphatic carbocycles. The molecule has 0 spiro atoms. The van der Waals surface area contributed by atoms with Gasteiger partial charge in [0.15, 0.2) is 0 Å². The third kappa shape index (κ3) is 4.77. The topological polar surface area (TPSA) is 80.0 Å². The summed E-state index contributed by atoms with van der Waals surface area (Å²) in [6.07, 6.45) is 5.57. The predicted octanol–water partition coefficient (Wildman–Crippen LogP) is 5.11. The first kappa shape index (κ1) is 19.5. The van der Waals surface area contributed by atoms with Gasteiger partial charge in [0.05, 0.1) is 10.6 Å². The van der Waals surface area contributed by atoms with Crippen molar-refractivity contribution < 1.29 is 9.21 Å². The summed E-state index contributed by atoms with van der Waals surface area (Å²) in [6.45, 7) is 0. The van der Waals surface area contributed by atoms with E-state index in [0.717, 1.165) is 31.2 Å². The highest BCUT2D eigenvalue weighted by molar-refractivity contribution is 6.33. The van der Waals surface area contributed by atoms with Crippen molar-refractivity contribution in [3.05, 3.63) is 71.1 Å². The lowest BCUT2D eigenvalue weighted by Crippen LogP contribution is -2.44. The van der Waals surface area contributed by atoms with Gasteiger partial charge in [-0.05, 0) is 30.5 Å². The molecule has 1 unspecified atom stereocenters. The van der Waals surface area contributed by atoms with E-state index in [0.29, 0.717) is 22.4 Å². The van der Waals surface area contributed by atoms with Crippen molar-refractivity contribution in [2.45, 2.75) is 44.2 Å². The molecule has 3 aromatic rings. The summed E-state index contributed by atoms with van der Waals surface area (Å²) in [4.78, 5) is 12.7. The number of nitrogens with one attached hydrogen (secondary N) is 2. The van der Waals surface area contributed by atoms with Gasteiger partial charge in [-0.1, -0.05) is 73.3 Å². The Kier molecular flexibility index (Phi) is 6.10. The molecule has 2 amide bonds. The first-order valence-electron chi connectivity index (χ1n) is 9.91. The molecule has 1 fully saturated rings. The van der Waals surface area contributed by atoms with Gasteiger partial charge in [-0.25, -0.2) is 4.79 Å². The van der Waals surface area contributed by atoms with Crippen LogP contribution in [0.3, 0.4) is 0 Å². The molecule has 150 valence electrons. The van der Waals surface area contributed by atoms with Crippen molar-refractivity contribution in [2.24, 2.45) is 0 Å². The second-order valence-corrected chi connectivity index (χ2v) is 7.63. The van der Waals surface area contributed by atoms with E-state index in [1.54, 1.807) is 6.07 Å². The Morgan fingerprint density at radius 3 is 2.48 bits per heavy atom. The Balaban J connectivity index is 1.57. The summed E-state index contributed by atoms with van der Waals surface area (Å²) in [5.41, 5.74) is 1.52. The molecule has 1 heterocycles. The fraction of sp³-hybridized carbons (Fsp3) is 0.318. The van der Waals surface area contributed by atoms with E-state index in [4.69, 9.17) is 16.0 Å². The van der Waals surface area contributed by atoms with Crippen LogP contribution in [0.2, 0.25) is 5.02 Å². The van der Waals surface area contributed by atoms with E-state index in [-0.39, 0.29) is 12.1 Å². The fourth-order valence-electron chi connectivity index (χ4n) is 3.63. The van der Waals surface area contributed by atoms with Gasteiger partial charge >= 0.3 is 6.03 Å². The molecule has 1 aliphatic rings. The lowest BCUT2D eigenvalue weighted by Gasteiger charge is -2.24. The number of carbonyl (C=O) groups is 1. The molecule has 1 aromatic heterocycles. The number of rotatable bonds is 5. The quantitative estimate of drug-likeness (QED) is 0.612. The molecule has 0 aliphatic heterocycles. The van der Waals surface area contributed by atoms with Gasteiger partial charge in [-0.2, -0.15) is 0 Å². The Bertz CT molecular complexity index is 954. The van der Waals surface area contributed by atoms with E-state index in [9.17, 15) is 4.79 Å². The monoisotopic (exact) mass is 410 g/mol. The Morgan fingerprint density at radius 1 is 1.00 bits per heavy atom. The standard InChI is InChI=1S/C22H23ClN4O2/c23-18-14-8-7-13-17(18)20-26-27-21(29-20)19(15-9-3-1-4-10-15)25-22(28)24-16-11-5-2-6-12-16/h1,3-4,7-10,13-14,16,19H,2,5-6,11-12H2,(H2,24,25,28). The predicted molar refractivity (Wildman–Crippen MR) is 112 cm³/mol. The molecular weight excluding hydrogens is 388 g/mol. The SMILES string of the molecule is O=C(NC1CCCCC1)NC(c1ccccc1)c1nnc(-c2ccccc2Cl)o1. The summed E-state index contributed by atoms with van der Waals surface area (Å²) in [7, 11) is 0. The Morgan fingerprint density at radius 2 is 1.72 bits per heavy atom. The lowest BCUT2D eigenvalue weighted by atomic mass is 9.96. The number of amides is 2. The molecule has 2 N–H and O–H groups in total. The van der Waals surface area contributed by atoms with Gasteiger partial charge in [0.1, 0.15) is 6.04 Å². The van der Waals surface area contributed by atoms with Crippen molar-refractivity contribution in [2.75, 3.05) is 0 Å². The molecule has 0 saturated heterocycles. The number of aromatic nitrogens is 2. The van der Waals surface area contributed by atoms with Crippen molar-refractivity contribution in [1.29, 1.82) is 0 Å². The number of hydrogen-bond donors (Lipinski definition) is 2. The molecule has 2 aromatic carbocycles. The second kappa shape index (κ2) is 9.09. The molecule has 6 nitrogen and oxygen atoms in total. The molecule has 1 saturated carbocycles. The molecule has 1 atom stereocenters.